The quantitative estimate of drug-likeness (QED) is 0.856. The largest absolute Gasteiger partial charge is 0.381 e. The molecule has 21 heavy (non-hydrogen) atoms. The summed E-state index contributed by atoms with van der Waals surface area (Å²) >= 11 is 0. The highest BCUT2D eigenvalue weighted by Gasteiger charge is 2.06. The number of anilines is 2. The Morgan fingerprint density at radius 2 is 2.19 bits per heavy atom. The average molecular weight is 284 g/mol. The molecule has 5 nitrogen and oxygen atoms in total. The molecule has 1 heterocycles. The Morgan fingerprint density at radius 3 is 2.86 bits per heavy atom. The molecule has 0 aliphatic rings. The molecule has 110 valence electrons. The van der Waals surface area contributed by atoms with Gasteiger partial charge in [0.2, 0.25) is 5.91 Å². The summed E-state index contributed by atoms with van der Waals surface area (Å²) < 4.78 is 1.67. The first kappa shape index (κ1) is 14.8. The maximum atomic E-state index is 11.5. The average Bonchev–Trinajstić information content (AvgIpc) is 2.96. The summed E-state index contributed by atoms with van der Waals surface area (Å²) in [6.45, 7) is 8.15. The lowest BCUT2D eigenvalue weighted by molar-refractivity contribution is -0.115. The van der Waals surface area contributed by atoms with Gasteiger partial charge in [0.1, 0.15) is 0 Å². The highest BCUT2D eigenvalue weighted by molar-refractivity contribution is 5.92. The van der Waals surface area contributed by atoms with Gasteiger partial charge >= 0.3 is 0 Å². The number of carbonyl (C=O) groups excluding carboxylic acids is 1. The third-order valence-electron chi connectivity index (χ3n) is 3.25. The first-order valence-corrected chi connectivity index (χ1v) is 6.93. The van der Waals surface area contributed by atoms with Crippen molar-refractivity contribution in [3.8, 4) is 0 Å². The summed E-state index contributed by atoms with van der Waals surface area (Å²) in [5.74, 6) is 0.0162. The monoisotopic (exact) mass is 284 g/mol. The van der Waals surface area contributed by atoms with Crippen molar-refractivity contribution in [3.63, 3.8) is 0 Å². The molecule has 0 bridgehead atoms. The van der Waals surface area contributed by atoms with Gasteiger partial charge < -0.3 is 10.6 Å². The number of amides is 1. The fraction of sp³-hybridized carbons (Fsp3) is 0.250. The fourth-order valence-corrected chi connectivity index (χ4v) is 1.97. The van der Waals surface area contributed by atoms with Crippen molar-refractivity contribution in [2.75, 3.05) is 10.6 Å². The van der Waals surface area contributed by atoms with Gasteiger partial charge in [0.05, 0.1) is 6.20 Å². The van der Waals surface area contributed by atoms with Crippen LogP contribution in [0.3, 0.4) is 0 Å². The molecule has 0 saturated carbocycles. The van der Waals surface area contributed by atoms with E-state index in [1.165, 1.54) is 0 Å². The molecule has 0 unspecified atom stereocenters. The minimum atomic E-state index is 0.0162. The number of hydrogen-bond acceptors (Lipinski definition) is 3. The summed E-state index contributed by atoms with van der Waals surface area (Å²) in [4.78, 5) is 11.5. The van der Waals surface area contributed by atoms with Gasteiger partial charge in [-0.25, -0.2) is 4.68 Å². The van der Waals surface area contributed by atoms with Crippen molar-refractivity contribution >= 4 is 23.5 Å². The number of aromatic nitrogens is 2. The minimum Gasteiger partial charge on any atom is -0.381 e. The SMILES string of the molecule is C=Cn1cc(CNc2cccc(NC(=O)CC)c2C)cn1. The Balaban J connectivity index is 2.07. The van der Waals surface area contributed by atoms with Gasteiger partial charge in [0.25, 0.3) is 0 Å². The van der Waals surface area contributed by atoms with Crippen LogP contribution in [0.15, 0.2) is 37.2 Å². The smallest absolute Gasteiger partial charge is 0.224 e. The van der Waals surface area contributed by atoms with Gasteiger partial charge in [0, 0.05) is 42.3 Å². The molecular weight excluding hydrogens is 264 g/mol. The Hall–Kier alpha value is -2.56. The topological polar surface area (TPSA) is 59.0 Å². The molecule has 5 heteroatoms. The molecule has 2 N–H and O–H groups in total. The normalized spacial score (nSPS) is 10.2. The van der Waals surface area contributed by atoms with Crippen LogP contribution in [-0.4, -0.2) is 15.7 Å². The van der Waals surface area contributed by atoms with Gasteiger partial charge in [-0.2, -0.15) is 5.10 Å². The van der Waals surface area contributed by atoms with Crippen molar-refractivity contribution in [1.29, 1.82) is 0 Å². The van der Waals surface area contributed by atoms with Gasteiger partial charge in [0.15, 0.2) is 0 Å². The minimum absolute atomic E-state index is 0.0162. The highest BCUT2D eigenvalue weighted by atomic mass is 16.1. The molecule has 0 radical (unpaired) electrons. The predicted octanol–water partition coefficient (Wildman–Crippen LogP) is 3.25. The highest BCUT2D eigenvalue weighted by Crippen LogP contribution is 2.24. The molecule has 1 aromatic heterocycles. The van der Waals surface area contributed by atoms with Crippen molar-refractivity contribution in [2.24, 2.45) is 0 Å². The number of carbonyl (C=O) groups is 1. The van der Waals surface area contributed by atoms with Crippen LogP contribution in [0.25, 0.3) is 6.20 Å². The zero-order valence-corrected chi connectivity index (χ0v) is 12.4. The molecule has 0 saturated heterocycles. The van der Waals surface area contributed by atoms with E-state index < -0.39 is 0 Å². The molecule has 0 atom stereocenters. The molecule has 0 aliphatic carbocycles. The Bertz CT molecular complexity index is 645. The summed E-state index contributed by atoms with van der Waals surface area (Å²) in [6.07, 6.45) is 5.83. The van der Waals surface area contributed by atoms with Crippen molar-refractivity contribution in [1.82, 2.24) is 9.78 Å². The summed E-state index contributed by atoms with van der Waals surface area (Å²) in [6, 6.07) is 5.83. The lowest BCUT2D eigenvalue weighted by Gasteiger charge is -2.13. The van der Waals surface area contributed by atoms with Crippen LogP contribution in [0, 0.1) is 6.92 Å². The molecule has 0 spiro atoms. The van der Waals surface area contributed by atoms with E-state index in [4.69, 9.17) is 0 Å². The first-order chi connectivity index (χ1) is 10.1. The van der Waals surface area contributed by atoms with Crippen LogP contribution in [-0.2, 0) is 11.3 Å². The summed E-state index contributed by atoms with van der Waals surface area (Å²) in [5, 5.41) is 10.4. The van der Waals surface area contributed by atoms with Crippen LogP contribution in [0.1, 0.15) is 24.5 Å². The number of rotatable bonds is 6. The Morgan fingerprint density at radius 1 is 1.43 bits per heavy atom. The van der Waals surface area contributed by atoms with Gasteiger partial charge in [-0.05, 0) is 24.6 Å². The fourth-order valence-electron chi connectivity index (χ4n) is 1.97. The van der Waals surface area contributed by atoms with Crippen LogP contribution in [0.4, 0.5) is 11.4 Å². The Labute approximate surface area is 124 Å². The molecule has 1 aromatic carbocycles. The van der Waals surface area contributed by atoms with Crippen molar-refractivity contribution in [2.45, 2.75) is 26.8 Å². The van der Waals surface area contributed by atoms with Crippen LogP contribution in [0.5, 0.6) is 0 Å². The van der Waals surface area contributed by atoms with Crippen molar-refractivity contribution < 1.29 is 4.79 Å². The molecular formula is C16H20N4O. The molecule has 0 aliphatic heterocycles. The lowest BCUT2D eigenvalue weighted by atomic mass is 10.1. The van der Waals surface area contributed by atoms with Gasteiger partial charge in [-0.15, -0.1) is 0 Å². The second-order valence-electron chi connectivity index (χ2n) is 4.74. The van der Waals surface area contributed by atoms with E-state index >= 15 is 0 Å². The molecule has 1 amide bonds. The van der Waals surface area contributed by atoms with Crippen LogP contribution >= 0.6 is 0 Å². The third-order valence-corrected chi connectivity index (χ3v) is 3.25. The zero-order chi connectivity index (χ0) is 15.2. The number of nitrogens with zero attached hydrogens (tertiary/aromatic N) is 2. The second kappa shape index (κ2) is 6.74. The van der Waals surface area contributed by atoms with Crippen molar-refractivity contribution in [3.05, 3.63) is 48.3 Å². The number of hydrogen-bond donors (Lipinski definition) is 2. The standard InChI is InChI=1S/C16H20N4O/c1-4-16(21)19-15-8-6-7-14(12(15)3)17-9-13-10-18-20(5-2)11-13/h5-8,10-11,17H,2,4,9H2,1,3H3,(H,19,21). The van der Waals surface area contributed by atoms with Gasteiger partial charge in [-0.1, -0.05) is 19.6 Å². The van der Waals surface area contributed by atoms with E-state index in [0.717, 1.165) is 22.5 Å². The van der Waals surface area contributed by atoms with Crippen LogP contribution in [0.2, 0.25) is 0 Å². The van der Waals surface area contributed by atoms with Crippen LogP contribution < -0.4 is 10.6 Å². The maximum absolute atomic E-state index is 11.5. The van der Waals surface area contributed by atoms with E-state index in [9.17, 15) is 4.79 Å². The van der Waals surface area contributed by atoms with E-state index in [1.807, 2.05) is 38.2 Å². The lowest BCUT2D eigenvalue weighted by Crippen LogP contribution is -2.11. The maximum Gasteiger partial charge on any atom is 0.224 e. The number of nitrogens with one attached hydrogen (secondary N) is 2. The summed E-state index contributed by atoms with van der Waals surface area (Å²) in [7, 11) is 0. The molecule has 2 rings (SSSR count). The van der Waals surface area contributed by atoms with E-state index in [1.54, 1.807) is 17.1 Å². The summed E-state index contributed by atoms with van der Waals surface area (Å²) in [5.41, 5.74) is 3.93. The first-order valence-electron chi connectivity index (χ1n) is 6.93. The zero-order valence-electron chi connectivity index (χ0n) is 12.4. The number of benzene rings is 1. The predicted molar refractivity (Wildman–Crippen MR) is 86.0 cm³/mol. The molecule has 0 fully saturated rings. The van der Waals surface area contributed by atoms with Gasteiger partial charge in [-0.3, -0.25) is 4.79 Å². The van der Waals surface area contributed by atoms with E-state index in [0.29, 0.717) is 13.0 Å². The second-order valence-corrected chi connectivity index (χ2v) is 4.74. The molecule has 2 aromatic rings. The van der Waals surface area contributed by atoms with E-state index in [2.05, 4.69) is 22.3 Å². The van der Waals surface area contributed by atoms with E-state index in [-0.39, 0.29) is 5.91 Å². The Kier molecular flexibility index (Phi) is 4.77. The third kappa shape index (κ3) is 3.72.